The number of unbranched alkanes of at least 4 members (excludes halogenated alkanes) is 4. The van der Waals surface area contributed by atoms with Crippen LogP contribution in [0.15, 0.2) is 12.1 Å². The van der Waals surface area contributed by atoms with Crippen molar-refractivity contribution >= 4 is 11.9 Å². The minimum absolute atomic E-state index is 0.161. The minimum Gasteiger partial charge on any atom is -0.493 e. The van der Waals surface area contributed by atoms with E-state index in [1.165, 1.54) is 14.2 Å². The number of methoxy groups -OCH3 is 2. The molecule has 0 fully saturated rings. The second kappa shape index (κ2) is 17.6. The van der Waals surface area contributed by atoms with Gasteiger partial charge >= 0.3 is 11.9 Å². The fourth-order valence-corrected chi connectivity index (χ4v) is 2.74. The van der Waals surface area contributed by atoms with Crippen LogP contribution in [0.3, 0.4) is 0 Å². The molecule has 1 aromatic carbocycles. The highest BCUT2D eigenvalue weighted by Gasteiger charge is 2.07. The fourth-order valence-electron chi connectivity index (χ4n) is 2.74. The lowest BCUT2D eigenvalue weighted by Crippen LogP contribution is -2.04. The zero-order valence-corrected chi connectivity index (χ0v) is 19.7. The molecule has 0 heterocycles. The summed E-state index contributed by atoms with van der Waals surface area (Å²) in [6.07, 6.45) is 6.24. The number of hydrogen-bond acceptors (Lipinski definition) is 6. The molecule has 0 aromatic heterocycles. The van der Waals surface area contributed by atoms with Crippen LogP contribution in [-0.2, 0) is 19.1 Å². The van der Waals surface area contributed by atoms with Crippen molar-refractivity contribution in [1.82, 2.24) is 0 Å². The molecule has 0 spiro atoms. The van der Waals surface area contributed by atoms with Gasteiger partial charge in [0.15, 0.2) is 0 Å². The van der Waals surface area contributed by atoms with Crippen LogP contribution < -0.4 is 9.47 Å². The lowest BCUT2D eigenvalue weighted by atomic mass is 10.1. The van der Waals surface area contributed by atoms with E-state index in [1.807, 2.05) is 39.8 Å². The lowest BCUT2D eigenvalue weighted by molar-refractivity contribution is -0.141. The summed E-state index contributed by atoms with van der Waals surface area (Å²) in [5, 5.41) is 0. The van der Waals surface area contributed by atoms with Crippen LogP contribution in [0, 0.1) is 13.8 Å². The van der Waals surface area contributed by atoms with Crippen molar-refractivity contribution in [2.45, 2.75) is 79.1 Å². The van der Waals surface area contributed by atoms with Gasteiger partial charge in [-0.2, -0.15) is 0 Å². The number of carbonyl (C=O) groups excluding carboxylic acids is 2. The minimum atomic E-state index is -0.161. The summed E-state index contributed by atoms with van der Waals surface area (Å²) < 4.78 is 21.0. The maximum atomic E-state index is 11.1. The Morgan fingerprint density at radius 2 is 1.03 bits per heavy atom. The average molecular weight is 425 g/mol. The van der Waals surface area contributed by atoms with Crippen molar-refractivity contribution in [3.8, 4) is 11.5 Å². The predicted molar refractivity (Wildman–Crippen MR) is 119 cm³/mol. The van der Waals surface area contributed by atoms with Crippen LogP contribution in [0.2, 0.25) is 0 Å². The summed E-state index contributed by atoms with van der Waals surface area (Å²) in [6, 6.07) is 4.02. The van der Waals surface area contributed by atoms with E-state index in [9.17, 15) is 9.59 Å². The van der Waals surface area contributed by atoms with Crippen LogP contribution in [-0.4, -0.2) is 39.4 Å². The van der Waals surface area contributed by atoms with Gasteiger partial charge in [0, 0.05) is 12.8 Å². The molecule has 0 aliphatic rings. The standard InChI is InChI=1S/C22H34O6.C2H6/c1-17-15-20(28-14-10-6-8-12-22(24)26-4)18(2)16-19(17)27-13-9-5-7-11-21(23)25-3;1-2/h15-16H,5-14H2,1-4H3;1-2H3. The molecule has 6 heteroatoms. The van der Waals surface area contributed by atoms with Gasteiger partial charge in [0.05, 0.1) is 27.4 Å². The zero-order valence-electron chi connectivity index (χ0n) is 19.7. The van der Waals surface area contributed by atoms with Crippen molar-refractivity contribution in [2.24, 2.45) is 0 Å². The van der Waals surface area contributed by atoms with Crippen LogP contribution in [0.1, 0.15) is 76.3 Å². The average Bonchev–Trinajstić information content (AvgIpc) is 2.76. The summed E-state index contributed by atoms with van der Waals surface area (Å²) in [5.41, 5.74) is 2.08. The Bertz CT molecular complexity index is 558. The molecular weight excluding hydrogens is 384 g/mol. The molecule has 6 nitrogen and oxygen atoms in total. The number of ether oxygens (including phenoxy) is 4. The third-order valence-corrected chi connectivity index (χ3v) is 4.49. The van der Waals surface area contributed by atoms with Crippen LogP contribution >= 0.6 is 0 Å². The summed E-state index contributed by atoms with van der Waals surface area (Å²) in [6.45, 7) is 9.27. The molecule has 0 bridgehead atoms. The van der Waals surface area contributed by atoms with Gasteiger partial charge in [-0.25, -0.2) is 0 Å². The highest BCUT2D eigenvalue weighted by Crippen LogP contribution is 2.28. The monoisotopic (exact) mass is 424 g/mol. The van der Waals surface area contributed by atoms with Crippen molar-refractivity contribution in [3.05, 3.63) is 23.3 Å². The first-order chi connectivity index (χ1) is 14.5. The van der Waals surface area contributed by atoms with Gasteiger partial charge in [0.2, 0.25) is 0 Å². The SMILES string of the molecule is CC.COC(=O)CCCCCOc1cc(C)c(OCCCCCC(=O)OC)cc1C. The van der Waals surface area contributed by atoms with Gasteiger partial charge in [-0.05, 0) is 75.6 Å². The Morgan fingerprint density at radius 1 is 0.667 bits per heavy atom. The molecule has 0 atom stereocenters. The Hall–Kier alpha value is -2.24. The molecule has 0 N–H and O–H groups in total. The van der Waals surface area contributed by atoms with E-state index < -0.39 is 0 Å². The van der Waals surface area contributed by atoms with Crippen LogP contribution in [0.4, 0.5) is 0 Å². The van der Waals surface area contributed by atoms with Crippen molar-refractivity contribution < 1.29 is 28.5 Å². The molecule has 0 radical (unpaired) electrons. The number of aryl methyl sites for hydroxylation is 2. The van der Waals surface area contributed by atoms with Crippen LogP contribution in [0.25, 0.3) is 0 Å². The van der Waals surface area contributed by atoms with E-state index in [2.05, 4.69) is 9.47 Å². The normalized spacial score (nSPS) is 9.93. The van der Waals surface area contributed by atoms with Crippen LogP contribution in [0.5, 0.6) is 11.5 Å². The van der Waals surface area contributed by atoms with Crippen molar-refractivity contribution in [1.29, 1.82) is 0 Å². The molecule has 1 rings (SSSR count). The van der Waals surface area contributed by atoms with Gasteiger partial charge in [-0.3, -0.25) is 9.59 Å². The predicted octanol–water partition coefficient (Wildman–Crippen LogP) is 5.55. The summed E-state index contributed by atoms with van der Waals surface area (Å²) >= 11 is 0. The molecule has 0 saturated heterocycles. The van der Waals surface area contributed by atoms with E-state index in [4.69, 9.17) is 9.47 Å². The largest absolute Gasteiger partial charge is 0.493 e. The quantitative estimate of drug-likeness (QED) is 0.288. The summed E-state index contributed by atoms with van der Waals surface area (Å²) in [4.78, 5) is 22.1. The van der Waals surface area contributed by atoms with E-state index in [0.717, 1.165) is 61.2 Å². The topological polar surface area (TPSA) is 71.1 Å². The number of esters is 2. The molecule has 0 aliphatic carbocycles. The summed E-state index contributed by atoms with van der Waals surface area (Å²) in [7, 11) is 2.82. The van der Waals surface area contributed by atoms with Crippen molar-refractivity contribution in [2.75, 3.05) is 27.4 Å². The van der Waals surface area contributed by atoms with E-state index >= 15 is 0 Å². The first kappa shape index (κ1) is 27.8. The maximum Gasteiger partial charge on any atom is 0.305 e. The number of rotatable bonds is 14. The van der Waals surface area contributed by atoms with Gasteiger partial charge < -0.3 is 18.9 Å². The molecule has 0 unspecified atom stereocenters. The number of carbonyl (C=O) groups is 2. The Morgan fingerprint density at radius 3 is 1.37 bits per heavy atom. The van der Waals surface area contributed by atoms with E-state index in [0.29, 0.717) is 26.1 Å². The second-order valence-electron chi connectivity index (χ2n) is 6.85. The molecule has 0 aliphatic heterocycles. The second-order valence-corrected chi connectivity index (χ2v) is 6.85. The maximum absolute atomic E-state index is 11.1. The molecule has 30 heavy (non-hydrogen) atoms. The molecule has 172 valence electrons. The van der Waals surface area contributed by atoms with Gasteiger partial charge in [-0.15, -0.1) is 0 Å². The third-order valence-electron chi connectivity index (χ3n) is 4.49. The molecule has 1 aromatic rings. The van der Waals surface area contributed by atoms with E-state index in [-0.39, 0.29) is 11.9 Å². The first-order valence-corrected chi connectivity index (χ1v) is 11.0. The summed E-state index contributed by atoms with van der Waals surface area (Å²) in [5.74, 6) is 1.42. The molecule has 0 amide bonds. The van der Waals surface area contributed by atoms with E-state index in [1.54, 1.807) is 0 Å². The highest BCUT2D eigenvalue weighted by atomic mass is 16.5. The van der Waals surface area contributed by atoms with Crippen molar-refractivity contribution in [3.63, 3.8) is 0 Å². The Balaban J connectivity index is 0.00000407. The third kappa shape index (κ3) is 12.3. The first-order valence-electron chi connectivity index (χ1n) is 11.0. The van der Waals surface area contributed by atoms with Gasteiger partial charge in [0.25, 0.3) is 0 Å². The Kier molecular flexibility index (Phi) is 16.3. The fraction of sp³-hybridized carbons (Fsp3) is 0.667. The number of hydrogen-bond donors (Lipinski definition) is 0. The Labute approximate surface area is 182 Å². The highest BCUT2D eigenvalue weighted by molar-refractivity contribution is 5.69. The van der Waals surface area contributed by atoms with Gasteiger partial charge in [0.1, 0.15) is 11.5 Å². The molecule has 0 saturated carbocycles. The molecular formula is C24H40O6. The van der Waals surface area contributed by atoms with Gasteiger partial charge in [-0.1, -0.05) is 13.8 Å². The number of benzene rings is 1. The zero-order chi connectivity index (χ0) is 22.8. The smallest absolute Gasteiger partial charge is 0.305 e. The lowest BCUT2D eigenvalue weighted by Gasteiger charge is -2.14.